The van der Waals surface area contributed by atoms with Crippen molar-refractivity contribution >= 4 is 39.1 Å². The Morgan fingerprint density at radius 3 is 2.73 bits per heavy atom. The molecule has 0 fully saturated rings. The minimum atomic E-state index is -3.79. The zero-order valence-corrected chi connectivity index (χ0v) is 16.4. The summed E-state index contributed by atoms with van der Waals surface area (Å²) in [6, 6.07) is 11.7. The summed E-state index contributed by atoms with van der Waals surface area (Å²) in [5, 5.41) is 0. The van der Waals surface area contributed by atoms with Crippen molar-refractivity contribution < 1.29 is 17.9 Å². The number of rotatable bonds is 4. The van der Waals surface area contributed by atoms with Crippen molar-refractivity contribution in [3.05, 3.63) is 42.5 Å². The third-order valence-electron chi connectivity index (χ3n) is 4.00. The van der Waals surface area contributed by atoms with E-state index in [2.05, 4.69) is 4.72 Å². The minimum Gasteiger partial charge on any atom is -0.487 e. The summed E-state index contributed by atoms with van der Waals surface area (Å²) in [6.07, 6.45) is 1.77. The number of benzene rings is 2. The van der Waals surface area contributed by atoms with Gasteiger partial charge < -0.3 is 9.64 Å². The average Bonchev–Trinajstić information content (AvgIpc) is 2.60. The van der Waals surface area contributed by atoms with Crippen LogP contribution in [-0.2, 0) is 14.8 Å². The highest BCUT2D eigenvalue weighted by molar-refractivity contribution is 7.98. The van der Waals surface area contributed by atoms with Crippen molar-refractivity contribution in [1.82, 2.24) is 0 Å². The maximum Gasteiger partial charge on any atom is 0.261 e. The maximum atomic E-state index is 12.8. The summed E-state index contributed by atoms with van der Waals surface area (Å²) in [6.45, 7) is 3.70. The molecule has 6 nitrogen and oxygen atoms in total. The van der Waals surface area contributed by atoms with Gasteiger partial charge in [0.1, 0.15) is 11.9 Å². The second-order valence-corrected chi connectivity index (χ2v) is 8.59. The Hall–Kier alpha value is -2.19. The van der Waals surface area contributed by atoms with Gasteiger partial charge >= 0.3 is 0 Å². The van der Waals surface area contributed by atoms with Crippen LogP contribution >= 0.6 is 11.8 Å². The number of amides is 1. The van der Waals surface area contributed by atoms with Gasteiger partial charge in [-0.15, -0.1) is 11.8 Å². The molecular weight excluding hydrogens is 372 g/mol. The first-order valence-electron chi connectivity index (χ1n) is 8.06. The summed E-state index contributed by atoms with van der Waals surface area (Å²) in [7, 11) is -3.79. The molecule has 1 amide bonds. The van der Waals surface area contributed by atoms with E-state index in [4.69, 9.17) is 4.74 Å². The molecule has 1 atom stereocenters. The molecule has 0 bridgehead atoms. The van der Waals surface area contributed by atoms with Crippen molar-refractivity contribution in [3.8, 4) is 5.75 Å². The van der Waals surface area contributed by atoms with Crippen molar-refractivity contribution in [2.75, 3.05) is 22.4 Å². The van der Waals surface area contributed by atoms with Gasteiger partial charge in [0, 0.05) is 17.5 Å². The topological polar surface area (TPSA) is 75.7 Å². The van der Waals surface area contributed by atoms with E-state index >= 15 is 0 Å². The van der Waals surface area contributed by atoms with Crippen LogP contribution in [-0.4, -0.2) is 33.2 Å². The fraction of sp³-hybridized carbons (Fsp3) is 0.278. The highest BCUT2D eigenvalue weighted by Crippen LogP contribution is 2.36. The predicted molar refractivity (Wildman–Crippen MR) is 104 cm³/mol. The summed E-state index contributed by atoms with van der Waals surface area (Å²) >= 11 is 1.53. The summed E-state index contributed by atoms with van der Waals surface area (Å²) in [5.74, 6) is 0.346. The minimum absolute atomic E-state index is 0.0789. The van der Waals surface area contributed by atoms with E-state index < -0.39 is 10.0 Å². The quantitative estimate of drug-likeness (QED) is 0.808. The number of thioether (sulfide) groups is 1. The molecule has 3 rings (SSSR count). The number of ether oxygens (including phenoxy) is 1. The van der Waals surface area contributed by atoms with Crippen molar-refractivity contribution in [3.63, 3.8) is 0 Å². The van der Waals surface area contributed by atoms with Crippen LogP contribution in [0.5, 0.6) is 5.75 Å². The standard InChI is InChI=1S/C18H20N2O4S2/c1-12-11-20(13(2)21)17-10-16(7-8-18(17)24-12)26(22,23)19-14-5-4-6-15(9-14)25-3/h4-10,12,19H,11H2,1-3H3/t12-/m1/s1. The lowest BCUT2D eigenvalue weighted by atomic mass is 10.2. The van der Waals surface area contributed by atoms with Gasteiger partial charge in [0.25, 0.3) is 10.0 Å². The van der Waals surface area contributed by atoms with Crippen LogP contribution < -0.4 is 14.4 Å². The molecule has 2 aromatic rings. The van der Waals surface area contributed by atoms with Crippen LogP contribution in [0.15, 0.2) is 52.3 Å². The first kappa shape index (κ1) is 18.6. The number of nitrogens with one attached hydrogen (secondary N) is 1. The summed E-state index contributed by atoms with van der Waals surface area (Å²) in [4.78, 5) is 14.5. The van der Waals surface area contributed by atoms with Gasteiger partial charge in [-0.05, 0) is 49.6 Å². The molecule has 0 saturated heterocycles. The molecule has 1 aliphatic heterocycles. The first-order valence-corrected chi connectivity index (χ1v) is 10.8. The lowest BCUT2D eigenvalue weighted by Gasteiger charge is -2.33. The molecule has 2 aromatic carbocycles. The molecule has 0 spiro atoms. The monoisotopic (exact) mass is 392 g/mol. The molecule has 0 unspecified atom stereocenters. The second-order valence-electron chi connectivity index (χ2n) is 6.03. The summed E-state index contributed by atoms with van der Waals surface area (Å²) < 4.78 is 33.8. The van der Waals surface area contributed by atoms with E-state index in [0.29, 0.717) is 23.7 Å². The van der Waals surface area contributed by atoms with Gasteiger partial charge in [-0.2, -0.15) is 0 Å². The lowest BCUT2D eigenvalue weighted by molar-refractivity contribution is -0.117. The van der Waals surface area contributed by atoms with Crippen LogP contribution in [0, 0.1) is 0 Å². The smallest absolute Gasteiger partial charge is 0.261 e. The van der Waals surface area contributed by atoms with Gasteiger partial charge in [0.15, 0.2) is 0 Å². The molecule has 138 valence electrons. The van der Waals surface area contributed by atoms with E-state index in [1.54, 1.807) is 24.3 Å². The fourth-order valence-electron chi connectivity index (χ4n) is 2.78. The number of hydrogen-bond acceptors (Lipinski definition) is 5. The highest BCUT2D eigenvalue weighted by atomic mass is 32.2. The van der Waals surface area contributed by atoms with Crippen molar-refractivity contribution in [1.29, 1.82) is 0 Å². The van der Waals surface area contributed by atoms with Gasteiger partial charge in [-0.3, -0.25) is 9.52 Å². The second kappa shape index (κ2) is 7.20. The maximum absolute atomic E-state index is 12.8. The van der Waals surface area contributed by atoms with Crippen LogP contribution in [0.25, 0.3) is 0 Å². The van der Waals surface area contributed by atoms with Crippen LogP contribution in [0.2, 0.25) is 0 Å². The predicted octanol–water partition coefficient (Wildman–Crippen LogP) is 3.34. The number of carbonyl (C=O) groups excluding carboxylic acids is 1. The number of carbonyl (C=O) groups is 1. The third kappa shape index (κ3) is 3.81. The molecule has 1 heterocycles. The third-order valence-corrected chi connectivity index (χ3v) is 6.11. The van der Waals surface area contributed by atoms with Crippen molar-refractivity contribution in [2.45, 2.75) is 29.7 Å². The van der Waals surface area contributed by atoms with Gasteiger partial charge in [-0.1, -0.05) is 6.07 Å². The van der Waals surface area contributed by atoms with E-state index in [9.17, 15) is 13.2 Å². The number of sulfonamides is 1. The molecule has 26 heavy (non-hydrogen) atoms. The molecule has 0 saturated carbocycles. The number of anilines is 2. The summed E-state index contributed by atoms with van der Waals surface area (Å²) in [5.41, 5.74) is 0.958. The Morgan fingerprint density at radius 2 is 2.04 bits per heavy atom. The SMILES string of the molecule is CSc1cccc(NS(=O)(=O)c2ccc3c(c2)N(C(C)=O)C[C@@H](C)O3)c1. The van der Waals surface area contributed by atoms with Crippen LogP contribution in [0.1, 0.15) is 13.8 Å². The average molecular weight is 393 g/mol. The normalized spacial score (nSPS) is 16.6. The Bertz CT molecular complexity index is 944. The molecule has 0 radical (unpaired) electrons. The van der Waals surface area contributed by atoms with E-state index in [0.717, 1.165) is 4.90 Å². The van der Waals surface area contributed by atoms with E-state index in [-0.39, 0.29) is 16.9 Å². The van der Waals surface area contributed by atoms with Gasteiger partial charge in [-0.25, -0.2) is 8.42 Å². The first-order chi connectivity index (χ1) is 12.3. The number of hydrogen-bond donors (Lipinski definition) is 1. The van der Waals surface area contributed by atoms with Gasteiger partial charge in [0.05, 0.1) is 17.1 Å². The van der Waals surface area contributed by atoms with Gasteiger partial charge in [0.2, 0.25) is 5.91 Å². The molecular formula is C18H20N2O4S2. The molecule has 1 N–H and O–H groups in total. The molecule has 1 aliphatic rings. The van der Waals surface area contributed by atoms with Crippen molar-refractivity contribution in [2.24, 2.45) is 0 Å². The molecule has 8 heteroatoms. The molecule has 0 aromatic heterocycles. The van der Waals surface area contributed by atoms with E-state index in [1.807, 2.05) is 19.2 Å². The van der Waals surface area contributed by atoms with Crippen LogP contribution in [0.4, 0.5) is 11.4 Å². The highest BCUT2D eigenvalue weighted by Gasteiger charge is 2.27. The Morgan fingerprint density at radius 1 is 1.27 bits per heavy atom. The zero-order valence-electron chi connectivity index (χ0n) is 14.7. The fourth-order valence-corrected chi connectivity index (χ4v) is 4.31. The van der Waals surface area contributed by atoms with E-state index in [1.165, 1.54) is 35.7 Å². The largest absolute Gasteiger partial charge is 0.487 e. The zero-order chi connectivity index (χ0) is 18.9. The Labute approximate surface area is 157 Å². The Balaban J connectivity index is 1.96. The van der Waals surface area contributed by atoms with Crippen LogP contribution in [0.3, 0.4) is 0 Å². The molecule has 0 aliphatic carbocycles. The lowest BCUT2D eigenvalue weighted by Crippen LogP contribution is -2.41. The number of nitrogens with zero attached hydrogens (tertiary/aromatic N) is 1. The Kier molecular flexibility index (Phi) is 5.15. The number of fused-ring (bicyclic) bond motifs is 1.